The van der Waals surface area contributed by atoms with Gasteiger partial charge in [0, 0.05) is 44.5 Å². The van der Waals surface area contributed by atoms with E-state index >= 15 is 0 Å². The van der Waals surface area contributed by atoms with Gasteiger partial charge in [-0.1, -0.05) is 0 Å². The molecule has 1 aromatic rings. The fraction of sp³-hybridized carbons (Fsp3) is 0.545. The van der Waals surface area contributed by atoms with Gasteiger partial charge in [-0.3, -0.25) is 14.8 Å². The molecule has 4 heteroatoms. The van der Waals surface area contributed by atoms with Crippen LogP contribution in [-0.4, -0.2) is 33.9 Å². The second kappa shape index (κ2) is 4.38. The Morgan fingerprint density at radius 2 is 2.40 bits per heavy atom. The molecule has 15 heavy (non-hydrogen) atoms. The van der Waals surface area contributed by atoms with Gasteiger partial charge in [-0.25, -0.2) is 0 Å². The number of hydrogen-bond donors (Lipinski definition) is 0. The van der Waals surface area contributed by atoms with Crippen LogP contribution in [0.3, 0.4) is 0 Å². The summed E-state index contributed by atoms with van der Waals surface area (Å²) in [5.74, 6) is 0.514. The Bertz CT molecular complexity index is 339. The number of amides is 1. The second-order valence-electron chi connectivity index (χ2n) is 3.93. The molecular weight excluding hydrogens is 190 g/mol. The van der Waals surface area contributed by atoms with E-state index in [1.807, 2.05) is 4.90 Å². The molecule has 1 aromatic heterocycles. The molecule has 2 rings (SSSR count). The van der Waals surface area contributed by atoms with Gasteiger partial charge in [0.1, 0.15) is 0 Å². The summed E-state index contributed by atoms with van der Waals surface area (Å²) in [5.41, 5.74) is 1.00. The third-order valence-corrected chi connectivity index (χ3v) is 2.87. The van der Waals surface area contributed by atoms with Crippen LogP contribution in [0, 0.1) is 0 Å². The van der Waals surface area contributed by atoms with Crippen molar-refractivity contribution < 1.29 is 4.79 Å². The summed E-state index contributed by atoms with van der Waals surface area (Å²) in [6.45, 7) is 3.29. The molecule has 0 saturated carbocycles. The standard InChI is InChI=1S/C11H15N3O/c1-9(15)14-6-2-3-10(8-14)11-7-12-4-5-13-11/h4-5,7,10H,2-3,6,8H2,1H3/t10-/m1/s1. The highest BCUT2D eigenvalue weighted by Gasteiger charge is 2.23. The molecule has 4 nitrogen and oxygen atoms in total. The lowest BCUT2D eigenvalue weighted by molar-refractivity contribution is -0.130. The topological polar surface area (TPSA) is 46.1 Å². The Balaban J connectivity index is 2.08. The third kappa shape index (κ3) is 2.32. The average Bonchev–Trinajstić information content (AvgIpc) is 2.30. The molecule has 0 aliphatic carbocycles. The monoisotopic (exact) mass is 205 g/mol. The molecule has 1 amide bonds. The van der Waals surface area contributed by atoms with Gasteiger partial charge < -0.3 is 4.90 Å². The first-order valence-corrected chi connectivity index (χ1v) is 5.29. The predicted molar refractivity (Wildman–Crippen MR) is 56.3 cm³/mol. The van der Waals surface area contributed by atoms with Crippen LogP contribution in [0.4, 0.5) is 0 Å². The van der Waals surface area contributed by atoms with Crippen LogP contribution in [0.25, 0.3) is 0 Å². The van der Waals surface area contributed by atoms with Gasteiger partial charge in [-0.05, 0) is 12.8 Å². The summed E-state index contributed by atoms with van der Waals surface area (Å²) in [6, 6.07) is 0. The first kappa shape index (κ1) is 10.1. The van der Waals surface area contributed by atoms with Crippen molar-refractivity contribution in [3.05, 3.63) is 24.3 Å². The van der Waals surface area contributed by atoms with Gasteiger partial charge in [0.05, 0.1) is 5.69 Å². The highest BCUT2D eigenvalue weighted by Crippen LogP contribution is 2.24. The van der Waals surface area contributed by atoms with E-state index in [9.17, 15) is 4.79 Å². The minimum absolute atomic E-state index is 0.156. The molecule has 0 aromatic carbocycles. The number of piperidine rings is 1. The number of nitrogens with zero attached hydrogens (tertiary/aromatic N) is 3. The Kier molecular flexibility index (Phi) is 2.94. The molecular formula is C11H15N3O. The SMILES string of the molecule is CC(=O)N1CCC[C@@H](c2cnccn2)C1. The van der Waals surface area contributed by atoms with Crippen molar-refractivity contribution in [3.8, 4) is 0 Å². The van der Waals surface area contributed by atoms with E-state index in [1.54, 1.807) is 25.5 Å². The quantitative estimate of drug-likeness (QED) is 0.692. The maximum absolute atomic E-state index is 11.3. The van der Waals surface area contributed by atoms with Gasteiger partial charge in [-0.2, -0.15) is 0 Å². The van der Waals surface area contributed by atoms with Crippen molar-refractivity contribution in [1.82, 2.24) is 14.9 Å². The predicted octanol–water partition coefficient (Wildman–Crippen LogP) is 1.20. The number of carbonyl (C=O) groups excluding carboxylic acids is 1. The van der Waals surface area contributed by atoms with Crippen molar-refractivity contribution in [2.45, 2.75) is 25.7 Å². The van der Waals surface area contributed by atoms with Crippen molar-refractivity contribution in [1.29, 1.82) is 0 Å². The summed E-state index contributed by atoms with van der Waals surface area (Å²) < 4.78 is 0. The van der Waals surface area contributed by atoms with Crippen molar-refractivity contribution >= 4 is 5.91 Å². The largest absolute Gasteiger partial charge is 0.342 e. The second-order valence-corrected chi connectivity index (χ2v) is 3.93. The Morgan fingerprint density at radius 1 is 1.53 bits per heavy atom. The zero-order valence-corrected chi connectivity index (χ0v) is 8.89. The molecule has 1 aliphatic rings. The van der Waals surface area contributed by atoms with Crippen molar-refractivity contribution in [2.24, 2.45) is 0 Å². The number of aromatic nitrogens is 2. The van der Waals surface area contributed by atoms with E-state index in [1.165, 1.54) is 0 Å². The van der Waals surface area contributed by atoms with Gasteiger partial charge in [0.15, 0.2) is 0 Å². The number of carbonyl (C=O) groups is 1. The number of rotatable bonds is 1. The maximum atomic E-state index is 11.3. The first-order valence-electron chi connectivity index (χ1n) is 5.29. The average molecular weight is 205 g/mol. The first-order chi connectivity index (χ1) is 7.27. The Labute approximate surface area is 89.3 Å². The Hall–Kier alpha value is -1.45. The lowest BCUT2D eigenvalue weighted by atomic mass is 9.95. The van der Waals surface area contributed by atoms with Crippen LogP contribution < -0.4 is 0 Å². The highest BCUT2D eigenvalue weighted by atomic mass is 16.2. The summed E-state index contributed by atoms with van der Waals surface area (Å²) in [4.78, 5) is 21.5. The van der Waals surface area contributed by atoms with E-state index in [-0.39, 0.29) is 5.91 Å². The molecule has 0 unspecified atom stereocenters. The van der Waals surface area contributed by atoms with Crippen molar-refractivity contribution in [3.63, 3.8) is 0 Å². The smallest absolute Gasteiger partial charge is 0.219 e. The van der Waals surface area contributed by atoms with Crippen LogP contribution in [0.15, 0.2) is 18.6 Å². The van der Waals surface area contributed by atoms with Crippen LogP contribution in [0.2, 0.25) is 0 Å². The third-order valence-electron chi connectivity index (χ3n) is 2.87. The Morgan fingerprint density at radius 3 is 3.07 bits per heavy atom. The van der Waals surface area contributed by atoms with Crippen molar-refractivity contribution in [2.75, 3.05) is 13.1 Å². The summed E-state index contributed by atoms with van der Waals surface area (Å²) in [6.07, 6.45) is 7.34. The summed E-state index contributed by atoms with van der Waals surface area (Å²) >= 11 is 0. The molecule has 80 valence electrons. The van der Waals surface area contributed by atoms with Crippen LogP contribution in [0.1, 0.15) is 31.4 Å². The van der Waals surface area contributed by atoms with Crippen LogP contribution in [0.5, 0.6) is 0 Å². The minimum Gasteiger partial charge on any atom is -0.342 e. The van der Waals surface area contributed by atoms with E-state index < -0.39 is 0 Å². The number of likely N-dealkylation sites (tertiary alicyclic amines) is 1. The molecule has 0 N–H and O–H groups in total. The normalized spacial score (nSPS) is 21.4. The van der Waals surface area contributed by atoms with Gasteiger partial charge in [0.25, 0.3) is 0 Å². The van der Waals surface area contributed by atoms with E-state index in [0.29, 0.717) is 5.92 Å². The lowest BCUT2D eigenvalue weighted by Gasteiger charge is -2.31. The molecule has 2 heterocycles. The minimum atomic E-state index is 0.156. The highest BCUT2D eigenvalue weighted by molar-refractivity contribution is 5.73. The molecule has 0 bridgehead atoms. The maximum Gasteiger partial charge on any atom is 0.219 e. The molecule has 1 saturated heterocycles. The zero-order chi connectivity index (χ0) is 10.7. The summed E-state index contributed by atoms with van der Waals surface area (Å²) in [5, 5.41) is 0. The fourth-order valence-corrected chi connectivity index (χ4v) is 2.03. The summed E-state index contributed by atoms with van der Waals surface area (Å²) in [7, 11) is 0. The molecule has 0 spiro atoms. The zero-order valence-electron chi connectivity index (χ0n) is 8.89. The molecule has 1 aliphatic heterocycles. The lowest BCUT2D eigenvalue weighted by Crippen LogP contribution is -2.37. The van der Waals surface area contributed by atoms with Gasteiger partial charge in [-0.15, -0.1) is 0 Å². The number of hydrogen-bond acceptors (Lipinski definition) is 3. The van der Waals surface area contributed by atoms with Crippen LogP contribution in [-0.2, 0) is 4.79 Å². The van der Waals surface area contributed by atoms with Gasteiger partial charge in [0.2, 0.25) is 5.91 Å². The van der Waals surface area contributed by atoms with Crippen LogP contribution >= 0.6 is 0 Å². The van der Waals surface area contributed by atoms with Gasteiger partial charge >= 0.3 is 0 Å². The molecule has 1 fully saturated rings. The molecule has 0 radical (unpaired) electrons. The molecule has 1 atom stereocenters. The van der Waals surface area contributed by atoms with E-state index in [2.05, 4.69) is 9.97 Å². The van der Waals surface area contributed by atoms with E-state index in [4.69, 9.17) is 0 Å². The van der Waals surface area contributed by atoms with E-state index in [0.717, 1.165) is 31.6 Å². The fourth-order valence-electron chi connectivity index (χ4n) is 2.03.